The molecule has 3 heterocycles. The number of aromatic nitrogens is 6. The molecule has 0 spiro atoms. The van der Waals surface area contributed by atoms with Gasteiger partial charge in [0.05, 0.1) is 17.6 Å². The van der Waals surface area contributed by atoms with Crippen LogP contribution in [0.3, 0.4) is 0 Å². The Bertz CT molecular complexity index is 1320. The summed E-state index contributed by atoms with van der Waals surface area (Å²) in [5, 5.41) is 9.19. The van der Waals surface area contributed by atoms with Crippen molar-refractivity contribution < 1.29 is 8.78 Å². The molecule has 1 aromatic carbocycles. The van der Waals surface area contributed by atoms with Crippen molar-refractivity contribution in [3.63, 3.8) is 0 Å². The lowest BCUT2D eigenvalue weighted by atomic mass is 10.2. The Kier molecular flexibility index (Phi) is 4.70. The number of nitrogen functional groups attached to an aromatic ring is 2. The Balaban J connectivity index is 1.93. The van der Waals surface area contributed by atoms with Crippen LogP contribution in [0.2, 0.25) is 5.02 Å². The molecular weight excluding hydrogens is 420 g/mol. The lowest BCUT2D eigenvalue weighted by Gasteiger charge is -2.20. The fourth-order valence-corrected chi connectivity index (χ4v) is 3.11. The third-order valence-electron chi connectivity index (χ3n) is 4.28. The Morgan fingerprint density at radius 3 is 2.70 bits per heavy atom. The van der Waals surface area contributed by atoms with Crippen LogP contribution in [0.25, 0.3) is 16.7 Å². The molecule has 6 N–H and O–H groups in total. The molecule has 30 heavy (non-hydrogen) atoms. The second kappa shape index (κ2) is 7.22. The first-order valence-electron chi connectivity index (χ1n) is 8.52. The predicted octanol–water partition coefficient (Wildman–Crippen LogP) is 2.17. The van der Waals surface area contributed by atoms with Gasteiger partial charge in [-0.2, -0.15) is 15.1 Å². The first-order chi connectivity index (χ1) is 14.3. The molecule has 10 nitrogen and oxygen atoms in total. The number of benzene rings is 1. The molecule has 0 bridgehead atoms. The zero-order valence-corrected chi connectivity index (χ0v) is 16.1. The van der Waals surface area contributed by atoms with Crippen LogP contribution in [0.1, 0.15) is 18.8 Å². The van der Waals surface area contributed by atoms with Crippen molar-refractivity contribution in [1.82, 2.24) is 29.7 Å². The van der Waals surface area contributed by atoms with E-state index in [-0.39, 0.29) is 45.2 Å². The number of nitrogens with zero attached hydrogens (tertiary/aromatic N) is 5. The van der Waals surface area contributed by atoms with Crippen LogP contribution in [0, 0.1) is 11.6 Å². The molecule has 0 aliphatic rings. The van der Waals surface area contributed by atoms with E-state index in [4.69, 9.17) is 23.1 Å². The number of halogens is 3. The summed E-state index contributed by atoms with van der Waals surface area (Å²) in [6.45, 7) is 1.63. The Hall–Kier alpha value is -3.80. The topological polar surface area (TPSA) is 153 Å². The van der Waals surface area contributed by atoms with E-state index in [2.05, 4.69) is 30.5 Å². The highest BCUT2D eigenvalue weighted by molar-refractivity contribution is 6.35. The number of hydrogen-bond acceptors (Lipinski definition) is 8. The van der Waals surface area contributed by atoms with Crippen molar-refractivity contribution in [2.45, 2.75) is 13.0 Å². The van der Waals surface area contributed by atoms with Crippen LogP contribution < -0.4 is 22.3 Å². The van der Waals surface area contributed by atoms with Gasteiger partial charge in [-0.15, -0.1) is 0 Å². The van der Waals surface area contributed by atoms with E-state index < -0.39 is 23.2 Å². The van der Waals surface area contributed by atoms with Crippen LogP contribution >= 0.6 is 11.6 Å². The van der Waals surface area contributed by atoms with Crippen LogP contribution in [0.5, 0.6) is 0 Å². The summed E-state index contributed by atoms with van der Waals surface area (Å²) in [6, 6.07) is 2.33. The standard InChI is InChI=1S/C17H14ClF2N9O/c1-6(24-14-11(18)13(21)26-17(22)27-14)15-25-12-8(4-7(19)5-9(12)20)16(30)29(15)10-2-3-23-28-10/h2-6H,1H3,(H,23,28)(H5,21,22,24,26,27)/t6-/m0/s1. The highest BCUT2D eigenvalue weighted by Crippen LogP contribution is 2.29. The molecule has 1 atom stereocenters. The molecule has 4 aromatic rings. The SMILES string of the molecule is C[C@H](Nc1nc(N)nc(N)c1Cl)c1nc2c(F)cc(F)cc2c(=O)n1-c1ccn[nH]1. The highest BCUT2D eigenvalue weighted by Gasteiger charge is 2.22. The molecule has 0 aliphatic carbocycles. The van der Waals surface area contributed by atoms with E-state index in [1.54, 1.807) is 6.92 Å². The summed E-state index contributed by atoms with van der Waals surface area (Å²) in [5.41, 5.74) is 10.3. The van der Waals surface area contributed by atoms with E-state index in [0.29, 0.717) is 6.07 Å². The van der Waals surface area contributed by atoms with Gasteiger partial charge >= 0.3 is 0 Å². The van der Waals surface area contributed by atoms with Gasteiger partial charge in [-0.3, -0.25) is 9.89 Å². The summed E-state index contributed by atoms with van der Waals surface area (Å²) in [5.74, 6) is -1.61. The van der Waals surface area contributed by atoms with Crippen molar-refractivity contribution in [2.24, 2.45) is 0 Å². The largest absolute Gasteiger partial charge is 0.382 e. The molecule has 0 saturated heterocycles. The summed E-state index contributed by atoms with van der Waals surface area (Å²) in [6.07, 6.45) is 1.42. The number of rotatable bonds is 4. The lowest BCUT2D eigenvalue weighted by molar-refractivity contribution is 0.587. The third-order valence-corrected chi connectivity index (χ3v) is 4.65. The zero-order chi connectivity index (χ0) is 21.6. The first kappa shape index (κ1) is 19.5. The first-order valence-corrected chi connectivity index (χ1v) is 8.90. The van der Waals surface area contributed by atoms with E-state index in [0.717, 1.165) is 10.6 Å². The fourth-order valence-electron chi connectivity index (χ4n) is 2.98. The number of nitrogens with two attached hydrogens (primary N) is 2. The van der Waals surface area contributed by atoms with Crippen molar-refractivity contribution in [3.8, 4) is 5.82 Å². The lowest BCUT2D eigenvalue weighted by Crippen LogP contribution is -2.28. The number of nitrogens with one attached hydrogen (secondary N) is 2. The number of anilines is 3. The summed E-state index contributed by atoms with van der Waals surface area (Å²) in [7, 11) is 0. The molecule has 13 heteroatoms. The van der Waals surface area contributed by atoms with Crippen LogP contribution in [0.15, 0.2) is 29.2 Å². The van der Waals surface area contributed by atoms with Crippen molar-refractivity contribution >= 4 is 40.1 Å². The molecule has 0 unspecified atom stereocenters. The second-order valence-electron chi connectivity index (χ2n) is 6.33. The van der Waals surface area contributed by atoms with Gasteiger partial charge in [-0.05, 0) is 13.0 Å². The average molecular weight is 434 g/mol. The monoisotopic (exact) mass is 433 g/mol. The minimum absolute atomic E-state index is 0.0144. The summed E-state index contributed by atoms with van der Waals surface area (Å²) < 4.78 is 29.2. The van der Waals surface area contributed by atoms with E-state index in [9.17, 15) is 13.6 Å². The van der Waals surface area contributed by atoms with Crippen LogP contribution in [0.4, 0.5) is 26.4 Å². The van der Waals surface area contributed by atoms with Gasteiger partial charge in [0.1, 0.15) is 33.8 Å². The minimum Gasteiger partial charge on any atom is -0.382 e. The number of aromatic amines is 1. The van der Waals surface area contributed by atoms with Gasteiger partial charge in [-0.25, -0.2) is 18.3 Å². The average Bonchev–Trinajstić information content (AvgIpc) is 3.20. The van der Waals surface area contributed by atoms with Gasteiger partial charge in [0.2, 0.25) is 5.95 Å². The van der Waals surface area contributed by atoms with Gasteiger partial charge in [0, 0.05) is 12.1 Å². The predicted molar refractivity (Wildman–Crippen MR) is 107 cm³/mol. The van der Waals surface area contributed by atoms with Crippen LogP contribution in [-0.2, 0) is 0 Å². The molecule has 0 aliphatic heterocycles. The quantitative estimate of drug-likeness (QED) is 0.382. The molecule has 4 rings (SSSR count). The zero-order valence-electron chi connectivity index (χ0n) is 15.3. The highest BCUT2D eigenvalue weighted by atomic mass is 35.5. The van der Waals surface area contributed by atoms with Crippen molar-refractivity contribution in [3.05, 3.63) is 57.2 Å². The molecule has 0 radical (unpaired) electrons. The number of fused-ring (bicyclic) bond motifs is 1. The maximum atomic E-state index is 14.4. The molecule has 154 valence electrons. The van der Waals surface area contributed by atoms with E-state index in [1.165, 1.54) is 12.3 Å². The van der Waals surface area contributed by atoms with Crippen LogP contribution in [-0.4, -0.2) is 29.7 Å². The van der Waals surface area contributed by atoms with E-state index in [1.807, 2.05) is 0 Å². The number of H-pyrrole nitrogens is 1. The van der Waals surface area contributed by atoms with E-state index >= 15 is 0 Å². The minimum atomic E-state index is -0.971. The smallest absolute Gasteiger partial charge is 0.267 e. The Morgan fingerprint density at radius 2 is 2.00 bits per heavy atom. The molecular formula is C17H14ClF2N9O. The van der Waals surface area contributed by atoms with Crippen molar-refractivity contribution in [1.29, 1.82) is 0 Å². The van der Waals surface area contributed by atoms with Crippen molar-refractivity contribution in [2.75, 3.05) is 16.8 Å². The third kappa shape index (κ3) is 3.26. The summed E-state index contributed by atoms with van der Waals surface area (Å²) in [4.78, 5) is 25.1. The molecule has 3 aromatic heterocycles. The Morgan fingerprint density at radius 1 is 1.23 bits per heavy atom. The maximum Gasteiger partial charge on any atom is 0.267 e. The van der Waals surface area contributed by atoms with Gasteiger partial charge in [0.15, 0.2) is 11.6 Å². The van der Waals surface area contributed by atoms with Gasteiger partial charge in [0.25, 0.3) is 5.56 Å². The second-order valence-corrected chi connectivity index (χ2v) is 6.71. The normalized spacial score (nSPS) is 12.3. The number of hydrogen-bond donors (Lipinski definition) is 4. The van der Waals surface area contributed by atoms with Gasteiger partial charge < -0.3 is 16.8 Å². The summed E-state index contributed by atoms with van der Waals surface area (Å²) >= 11 is 6.13. The maximum absolute atomic E-state index is 14.4. The molecule has 0 saturated carbocycles. The molecule has 0 fully saturated rings. The Labute approximate surface area is 171 Å². The molecule has 0 amide bonds. The van der Waals surface area contributed by atoms with Gasteiger partial charge in [-0.1, -0.05) is 11.6 Å². The fraction of sp³-hybridized carbons (Fsp3) is 0.118.